The third kappa shape index (κ3) is 3.08. The average molecular weight is 355 g/mol. The van der Waals surface area contributed by atoms with Crippen molar-refractivity contribution in [1.82, 2.24) is 15.5 Å². The molecule has 3 aliphatic rings. The average Bonchev–Trinajstić information content (AvgIpc) is 3.50. The van der Waals surface area contributed by atoms with Crippen LogP contribution in [0.5, 0.6) is 0 Å². The van der Waals surface area contributed by atoms with Gasteiger partial charge in [-0.2, -0.15) is 0 Å². The molecule has 0 aromatic heterocycles. The molecule has 26 heavy (non-hydrogen) atoms. The van der Waals surface area contributed by atoms with Gasteiger partial charge in [0, 0.05) is 6.04 Å². The fourth-order valence-electron chi connectivity index (χ4n) is 3.83. The summed E-state index contributed by atoms with van der Waals surface area (Å²) in [6.07, 6.45) is 4.65. The lowest BCUT2D eigenvalue weighted by Gasteiger charge is -2.23. The number of imide groups is 1. The maximum atomic E-state index is 12.9. The molecule has 138 valence electrons. The Morgan fingerprint density at radius 1 is 1.19 bits per heavy atom. The van der Waals surface area contributed by atoms with Crippen LogP contribution in [0.1, 0.15) is 43.7 Å². The Morgan fingerprint density at radius 3 is 2.31 bits per heavy atom. The van der Waals surface area contributed by atoms with Gasteiger partial charge >= 0.3 is 6.03 Å². The Balaban J connectivity index is 1.45. The smallest absolute Gasteiger partial charge is 0.325 e. The van der Waals surface area contributed by atoms with Gasteiger partial charge in [0.15, 0.2) is 0 Å². The molecule has 1 aromatic rings. The van der Waals surface area contributed by atoms with Crippen molar-refractivity contribution < 1.29 is 14.4 Å². The topological polar surface area (TPSA) is 78.5 Å². The van der Waals surface area contributed by atoms with Crippen LogP contribution < -0.4 is 10.6 Å². The number of nitrogens with zero attached hydrogens (tertiary/aromatic N) is 1. The first-order valence-electron chi connectivity index (χ1n) is 9.39. The predicted molar refractivity (Wildman–Crippen MR) is 96.2 cm³/mol. The minimum atomic E-state index is -1.13. The number of urea groups is 1. The third-order valence-corrected chi connectivity index (χ3v) is 5.79. The van der Waals surface area contributed by atoms with Crippen LogP contribution in [0.15, 0.2) is 24.3 Å². The second-order valence-electron chi connectivity index (χ2n) is 8.08. The summed E-state index contributed by atoms with van der Waals surface area (Å²) in [6, 6.07) is 7.20. The third-order valence-electron chi connectivity index (χ3n) is 5.79. The molecule has 0 spiro atoms. The van der Waals surface area contributed by atoms with E-state index in [0.29, 0.717) is 11.8 Å². The molecule has 0 bridgehead atoms. The van der Waals surface area contributed by atoms with E-state index in [1.807, 2.05) is 31.2 Å². The van der Waals surface area contributed by atoms with Gasteiger partial charge in [0.25, 0.3) is 5.91 Å². The zero-order valence-corrected chi connectivity index (χ0v) is 15.2. The summed E-state index contributed by atoms with van der Waals surface area (Å²) in [5, 5.41) is 5.82. The second-order valence-corrected chi connectivity index (χ2v) is 8.08. The summed E-state index contributed by atoms with van der Waals surface area (Å²) in [6.45, 7) is 3.43. The van der Waals surface area contributed by atoms with Gasteiger partial charge in [0.1, 0.15) is 12.1 Å². The van der Waals surface area contributed by atoms with E-state index < -0.39 is 11.6 Å². The standard InChI is InChI=1S/C20H25N3O3/c1-12-3-9-15(10-4-12)20(2)18(25)23(19(26)22-20)11-16(24)21-17(13-5-6-13)14-7-8-14/h3-4,9-10,13-14,17H,5-8,11H2,1-2H3,(H,21,24)(H,22,26). The minimum absolute atomic E-state index is 0.215. The number of amides is 4. The van der Waals surface area contributed by atoms with E-state index in [9.17, 15) is 14.4 Å². The number of hydrogen-bond acceptors (Lipinski definition) is 3. The lowest BCUT2D eigenvalue weighted by molar-refractivity contribution is -0.135. The van der Waals surface area contributed by atoms with E-state index in [4.69, 9.17) is 0 Å². The minimum Gasteiger partial charge on any atom is -0.351 e. The normalized spacial score (nSPS) is 25.6. The van der Waals surface area contributed by atoms with E-state index in [0.717, 1.165) is 41.7 Å². The molecule has 1 aromatic carbocycles. The zero-order valence-electron chi connectivity index (χ0n) is 15.2. The molecule has 4 rings (SSSR count). The van der Waals surface area contributed by atoms with Crippen LogP contribution in [0.4, 0.5) is 4.79 Å². The van der Waals surface area contributed by atoms with Crippen molar-refractivity contribution in [3.63, 3.8) is 0 Å². The molecular weight excluding hydrogens is 330 g/mol. The van der Waals surface area contributed by atoms with Crippen molar-refractivity contribution in [3.05, 3.63) is 35.4 Å². The molecule has 4 amide bonds. The highest BCUT2D eigenvalue weighted by atomic mass is 16.2. The van der Waals surface area contributed by atoms with Gasteiger partial charge in [0.2, 0.25) is 5.91 Å². The van der Waals surface area contributed by atoms with Crippen molar-refractivity contribution in [3.8, 4) is 0 Å². The largest absolute Gasteiger partial charge is 0.351 e. The van der Waals surface area contributed by atoms with Crippen LogP contribution in [0, 0.1) is 18.8 Å². The molecule has 2 N–H and O–H groups in total. The summed E-state index contributed by atoms with van der Waals surface area (Å²) in [4.78, 5) is 38.8. The molecule has 1 aliphatic heterocycles. The zero-order chi connectivity index (χ0) is 18.5. The molecule has 3 fully saturated rings. The van der Waals surface area contributed by atoms with Gasteiger partial charge < -0.3 is 10.6 Å². The summed E-state index contributed by atoms with van der Waals surface area (Å²) in [5.41, 5.74) is 0.673. The second kappa shape index (κ2) is 6.11. The monoisotopic (exact) mass is 355 g/mol. The number of hydrogen-bond donors (Lipinski definition) is 2. The number of benzene rings is 1. The molecule has 2 aliphatic carbocycles. The Kier molecular flexibility index (Phi) is 4.01. The van der Waals surface area contributed by atoms with Crippen LogP contribution in [-0.2, 0) is 15.1 Å². The van der Waals surface area contributed by atoms with Crippen LogP contribution in [0.25, 0.3) is 0 Å². The molecule has 0 radical (unpaired) electrons. The van der Waals surface area contributed by atoms with Crippen LogP contribution in [0.2, 0.25) is 0 Å². The SMILES string of the molecule is Cc1ccc(C2(C)NC(=O)N(CC(=O)NC(C3CC3)C3CC3)C2=O)cc1. The van der Waals surface area contributed by atoms with E-state index in [1.54, 1.807) is 6.92 Å². The van der Waals surface area contributed by atoms with Gasteiger partial charge in [-0.25, -0.2) is 4.79 Å². The van der Waals surface area contributed by atoms with Gasteiger partial charge in [0.05, 0.1) is 0 Å². The Labute approximate surface area is 153 Å². The molecule has 2 saturated carbocycles. The summed E-state index contributed by atoms with van der Waals surface area (Å²) in [5.74, 6) is 0.529. The highest BCUT2D eigenvalue weighted by molar-refractivity contribution is 6.09. The molecule has 1 unspecified atom stereocenters. The first kappa shape index (κ1) is 17.1. The Bertz CT molecular complexity index is 740. The Morgan fingerprint density at radius 2 is 1.77 bits per heavy atom. The maximum Gasteiger partial charge on any atom is 0.325 e. The molecule has 1 heterocycles. The van der Waals surface area contributed by atoms with Crippen LogP contribution in [-0.4, -0.2) is 35.3 Å². The predicted octanol–water partition coefficient (Wildman–Crippen LogP) is 2.07. The fourth-order valence-corrected chi connectivity index (χ4v) is 3.83. The van der Waals surface area contributed by atoms with Crippen molar-refractivity contribution in [1.29, 1.82) is 0 Å². The summed E-state index contributed by atoms with van der Waals surface area (Å²) >= 11 is 0. The molecular formula is C20H25N3O3. The first-order chi connectivity index (χ1) is 12.4. The molecule has 1 atom stereocenters. The van der Waals surface area contributed by atoms with Gasteiger partial charge in [-0.05, 0) is 56.9 Å². The van der Waals surface area contributed by atoms with Gasteiger partial charge in [-0.1, -0.05) is 29.8 Å². The van der Waals surface area contributed by atoms with E-state index >= 15 is 0 Å². The lowest BCUT2D eigenvalue weighted by Crippen LogP contribution is -2.46. The van der Waals surface area contributed by atoms with Crippen molar-refractivity contribution in [2.24, 2.45) is 11.8 Å². The van der Waals surface area contributed by atoms with Crippen molar-refractivity contribution >= 4 is 17.8 Å². The fraction of sp³-hybridized carbons (Fsp3) is 0.550. The Hall–Kier alpha value is -2.37. The van der Waals surface area contributed by atoms with Crippen molar-refractivity contribution in [2.45, 2.75) is 51.1 Å². The summed E-state index contributed by atoms with van der Waals surface area (Å²) in [7, 11) is 0. The van der Waals surface area contributed by atoms with Crippen LogP contribution >= 0.6 is 0 Å². The van der Waals surface area contributed by atoms with Gasteiger partial charge in [-0.15, -0.1) is 0 Å². The maximum absolute atomic E-state index is 12.9. The van der Waals surface area contributed by atoms with Gasteiger partial charge in [-0.3, -0.25) is 14.5 Å². The highest BCUT2D eigenvalue weighted by Gasteiger charge is 2.50. The number of rotatable bonds is 6. The molecule has 1 saturated heterocycles. The molecule has 6 nitrogen and oxygen atoms in total. The first-order valence-corrected chi connectivity index (χ1v) is 9.39. The molecule has 6 heteroatoms. The van der Waals surface area contributed by atoms with E-state index in [2.05, 4.69) is 10.6 Å². The van der Waals surface area contributed by atoms with Crippen LogP contribution in [0.3, 0.4) is 0 Å². The van der Waals surface area contributed by atoms with E-state index in [-0.39, 0.29) is 24.4 Å². The summed E-state index contributed by atoms with van der Waals surface area (Å²) < 4.78 is 0. The van der Waals surface area contributed by atoms with E-state index in [1.165, 1.54) is 0 Å². The number of nitrogens with one attached hydrogen (secondary N) is 2. The highest BCUT2D eigenvalue weighted by Crippen LogP contribution is 2.44. The van der Waals surface area contributed by atoms with Crippen molar-refractivity contribution in [2.75, 3.05) is 6.54 Å². The number of carbonyl (C=O) groups is 3. The number of carbonyl (C=O) groups excluding carboxylic acids is 3. The number of aryl methyl sites for hydroxylation is 1. The lowest BCUT2D eigenvalue weighted by atomic mass is 9.91. The quantitative estimate of drug-likeness (QED) is 0.767.